The number of allylic oxidation sites excluding steroid dienone is 2. The summed E-state index contributed by atoms with van der Waals surface area (Å²) in [5, 5.41) is 0. The highest BCUT2D eigenvalue weighted by molar-refractivity contribution is 5.91. The van der Waals surface area contributed by atoms with E-state index in [1.165, 1.54) is 25.7 Å². The second-order valence-electron chi connectivity index (χ2n) is 9.24. The second kappa shape index (κ2) is 5.44. The zero-order valence-electron chi connectivity index (χ0n) is 15.2. The van der Waals surface area contributed by atoms with Crippen molar-refractivity contribution in [2.24, 2.45) is 34.5 Å². The standard InChI is InChI=1S/C21H30O3/c1-13(22)24-19-7-6-17-16-5-4-14-12-15(23)8-10-20(14,2)18(16)9-11-21(17,19)3/h8,10,14,16-19H,4-7,9,11-12H2,1-3H3/t14-,16+,17-,18-,19-,20-,21-/m0/s1. The molecule has 0 saturated heterocycles. The maximum Gasteiger partial charge on any atom is 0.302 e. The van der Waals surface area contributed by atoms with E-state index < -0.39 is 0 Å². The third kappa shape index (κ3) is 2.23. The number of carbonyl (C=O) groups is 2. The molecule has 0 bridgehead atoms. The molecule has 3 saturated carbocycles. The quantitative estimate of drug-likeness (QED) is 0.673. The van der Waals surface area contributed by atoms with Crippen molar-refractivity contribution in [1.29, 1.82) is 0 Å². The summed E-state index contributed by atoms with van der Waals surface area (Å²) >= 11 is 0. The topological polar surface area (TPSA) is 43.4 Å². The minimum atomic E-state index is -0.131. The highest BCUT2D eigenvalue weighted by atomic mass is 16.5. The van der Waals surface area contributed by atoms with Gasteiger partial charge in [-0.15, -0.1) is 0 Å². The molecule has 0 aromatic heterocycles. The van der Waals surface area contributed by atoms with Gasteiger partial charge in [0.25, 0.3) is 0 Å². The normalized spacial score (nSPS) is 50.0. The van der Waals surface area contributed by atoms with Crippen LogP contribution in [-0.2, 0) is 14.3 Å². The first-order valence-corrected chi connectivity index (χ1v) is 9.74. The molecule has 4 rings (SSSR count). The Bertz CT molecular complexity index is 594. The van der Waals surface area contributed by atoms with Crippen LogP contribution in [0.2, 0.25) is 0 Å². The van der Waals surface area contributed by atoms with E-state index in [2.05, 4.69) is 19.9 Å². The molecule has 0 spiro atoms. The second-order valence-corrected chi connectivity index (χ2v) is 9.24. The lowest BCUT2D eigenvalue weighted by Gasteiger charge is -2.58. The lowest BCUT2D eigenvalue weighted by atomic mass is 9.46. The summed E-state index contributed by atoms with van der Waals surface area (Å²) in [4.78, 5) is 23.4. The molecule has 0 radical (unpaired) electrons. The molecule has 3 heteroatoms. The number of hydrogen-bond acceptors (Lipinski definition) is 3. The fraction of sp³-hybridized carbons (Fsp3) is 0.810. The largest absolute Gasteiger partial charge is 0.462 e. The Labute approximate surface area is 145 Å². The maximum absolute atomic E-state index is 11.9. The van der Waals surface area contributed by atoms with Gasteiger partial charge in [0.1, 0.15) is 6.10 Å². The van der Waals surface area contributed by atoms with E-state index in [4.69, 9.17) is 4.74 Å². The monoisotopic (exact) mass is 330 g/mol. The van der Waals surface area contributed by atoms with E-state index in [1.54, 1.807) is 6.92 Å². The van der Waals surface area contributed by atoms with Crippen molar-refractivity contribution in [2.75, 3.05) is 0 Å². The van der Waals surface area contributed by atoms with Crippen LogP contribution in [0.1, 0.15) is 65.7 Å². The van der Waals surface area contributed by atoms with Crippen LogP contribution in [0.25, 0.3) is 0 Å². The summed E-state index contributed by atoms with van der Waals surface area (Å²) in [6, 6.07) is 0. The van der Waals surface area contributed by atoms with Crippen LogP contribution in [0.4, 0.5) is 0 Å². The minimum Gasteiger partial charge on any atom is -0.462 e. The van der Waals surface area contributed by atoms with Crippen molar-refractivity contribution >= 4 is 11.8 Å². The zero-order valence-corrected chi connectivity index (χ0v) is 15.2. The lowest BCUT2D eigenvalue weighted by molar-refractivity contribution is -0.158. The summed E-state index contributed by atoms with van der Waals surface area (Å²) < 4.78 is 5.71. The minimum absolute atomic E-state index is 0.106. The van der Waals surface area contributed by atoms with Gasteiger partial charge >= 0.3 is 5.97 Å². The number of rotatable bonds is 1. The Hall–Kier alpha value is -1.12. The molecule has 3 nitrogen and oxygen atoms in total. The third-order valence-corrected chi connectivity index (χ3v) is 8.26. The predicted octanol–water partition coefficient (Wildman–Crippen LogP) is 4.31. The average molecular weight is 330 g/mol. The lowest BCUT2D eigenvalue weighted by Crippen LogP contribution is -2.53. The first kappa shape index (κ1) is 16.4. The number of ketones is 1. The van der Waals surface area contributed by atoms with E-state index in [0.29, 0.717) is 23.5 Å². The molecule has 0 N–H and O–H groups in total. The van der Waals surface area contributed by atoms with E-state index in [9.17, 15) is 9.59 Å². The molecule has 4 aliphatic rings. The van der Waals surface area contributed by atoms with Gasteiger partial charge in [-0.3, -0.25) is 9.59 Å². The van der Waals surface area contributed by atoms with Gasteiger partial charge in [0.05, 0.1) is 0 Å². The number of ether oxygens (including phenoxy) is 1. The smallest absolute Gasteiger partial charge is 0.302 e. The molecule has 132 valence electrons. The molecule has 0 aromatic rings. The van der Waals surface area contributed by atoms with Crippen LogP contribution in [0.3, 0.4) is 0 Å². The zero-order chi connectivity index (χ0) is 17.1. The van der Waals surface area contributed by atoms with Crippen molar-refractivity contribution in [3.8, 4) is 0 Å². The first-order valence-electron chi connectivity index (χ1n) is 9.74. The van der Waals surface area contributed by atoms with Crippen LogP contribution in [0.15, 0.2) is 12.2 Å². The van der Waals surface area contributed by atoms with Gasteiger partial charge in [-0.25, -0.2) is 0 Å². The Morgan fingerprint density at radius 2 is 1.92 bits per heavy atom. The Morgan fingerprint density at radius 1 is 1.12 bits per heavy atom. The van der Waals surface area contributed by atoms with E-state index >= 15 is 0 Å². The van der Waals surface area contributed by atoms with Gasteiger partial charge in [-0.05, 0) is 73.7 Å². The van der Waals surface area contributed by atoms with Crippen molar-refractivity contribution in [3.63, 3.8) is 0 Å². The molecule has 7 atom stereocenters. The van der Waals surface area contributed by atoms with Crippen molar-refractivity contribution < 1.29 is 14.3 Å². The summed E-state index contributed by atoms with van der Waals surface area (Å²) in [7, 11) is 0. The first-order chi connectivity index (χ1) is 11.3. The molecule has 4 aliphatic carbocycles. The molecule has 0 unspecified atom stereocenters. The molecule has 0 aromatic carbocycles. The highest BCUT2D eigenvalue weighted by Crippen LogP contribution is 2.65. The molecule has 0 heterocycles. The van der Waals surface area contributed by atoms with Crippen LogP contribution in [0, 0.1) is 34.5 Å². The third-order valence-electron chi connectivity index (χ3n) is 8.26. The van der Waals surface area contributed by atoms with E-state index in [1.807, 2.05) is 6.08 Å². The number of carbonyl (C=O) groups excluding carboxylic acids is 2. The summed E-state index contributed by atoms with van der Waals surface area (Å²) in [5.41, 5.74) is 0.349. The fourth-order valence-corrected chi connectivity index (χ4v) is 6.98. The number of fused-ring (bicyclic) bond motifs is 5. The SMILES string of the molecule is CC(=O)O[C@H]1CC[C@H]2[C@H]3CC[C@H]4CC(=O)C=C[C@]4(C)[C@H]3CC[C@]12C. The van der Waals surface area contributed by atoms with Gasteiger partial charge < -0.3 is 4.74 Å². The van der Waals surface area contributed by atoms with Gasteiger partial charge in [-0.2, -0.15) is 0 Å². The fourth-order valence-electron chi connectivity index (χ4n) is 6.98. The molecule has 3 fully saturated rings. The summed E-state index contributed by atoms with van der Waals surface area (Å²) in [5.74, 6) is 2.80. The molecule has 24 heavy (non-hydrogen) atoms. The number of esters is 1. The average Bonchev–Trinajstić information content (AvgIpc) is 2.84. The predicted molar refractivity (Wildman–Crippen MR) is 92.2 cm³/mol. The van der Waals surface area contributed by atoms with Crippen LogP contribution in [-0.4, -0.2) is 17.9 Å². The van der Waals surface area contributed by atoms with Gasteiger partial charge in [0, 0.05) is 18.8 Å². The van der Waals surface area contributed by atoms with Crippen LogP contribution < -0.4 is 0 Å². The van der Waals surface area contributed by atoms with Crippen molar-refractivity contribution in [3.05, 3.63) is 12.2 Å². The van der Waals surface area contributed by atoms with Crippen LogP contribution in [0.5, 0.6) is 0 Å². The van der Waals surface area contributed by atoms with Gasteiger partial charge in [0.15, 0.2) is 5.78 Å². The van der Waals surface area contributed by atoms with Crippen molar-refractivity contribution in [1.82, 2.24) is 0 Å². The molecular formula is C21H30O3. The van der Waals surface area contributed by atoms with Crippen molar-refractivity contribution in [2.45, 2.75) is 71.8 Å². The Balaban J connectivity index is 1.62. The highest BCUT2D eigenvalue weighted by Gasteiger charge is 2.60. The molecule has 0 amide bonds. The van der Waals surface area contributed by atoms with Crippen LogP contribution >= 0.6 is 0 Å². The summed E-state index contributed by atoms with van der Waals surface area (Å²) in [6.07, 6.45) is 12.0. The van der Waals surface area contributed by atoms with Gasteiger partial charge in [0.2, 0.25) is 0 Å². The van der Waals surface area contributed by atoms with E-state index in [0.717, 1.165) is 25.2 Å². The van der Waals surface area contributed by atoms with E-state index in [-0.39, 0.29) is 22.9 Å². The Kier molecular flexibility index (Phi) is 3.71. The number of hydrogen-bond donors (Lipinski definition) is 0. The van der Waals surface area contributed by atoms with Gasteiger partial charge in [-0.1, -0.05) is 19.9 Å². The molecule has 0 aliphatic heterocycles. The Morgan fingerprint density at radius 3 is 2.67 bits per heavy atom. The maximum atomic E-state index is 11.9. The molecular weight excluding hydrogens is 300 g/mol. The summed E-state index contributed by atoms with van der Waals surface area (Å²) in [6.45, 7) is 6.31.